The molecule has 0 spiro atoms. The summed E-state index contributed by atoms with van der Waals surface area (Å²) in [6, 6.07) is 0. The molecule has 0 fully saturated rings. The van der Waals surface area contributed by atoms with Gasteiger partial charge in [-0.15, -0.1) is 0 Å². The Balaban J connectivity index is -0.0000000800. The summed E-state index contributed by atoms with van der Waals surface area (Å²) in [6.45, 7) is 0. The van der Waals surface area contributed by atoms with Crippen molar-refractivity contribution in [2.45, 2.75) is 0 Å². The van der Waals surface area contributed by atoms with Crippen molar-refractivity contribution >= 4 is 52.5 Å². The van der Waals surface area contributed by atoms with Crippen LogP contribution >= 0.6 is 7.82 Å². The molecule has 0 aromatic carbocycles. The van der Waals surface area contributed by atoms with Crippen LogP contribution in [0.25, 0.3) is 0 Å². The summed E-state index contributed by atoms with van der Waals surface area (Å²) >= 11 is 0. The zero-order chi connectivity index (χ0) is 4.50. The third-order valence-corrected chi connectivity index (χ3v) is 0. The van der Waals surface area contributed by atoms with Crippen molar-refractivity contribution in [3.8, 4) is 0 Å². The Morgan fingerprint density at radius 3 is 1.14 bits per heavy atom. The fourth-order valence-corrected chi connectivity index (χ4v) is 0. The summed E-state index contributed by atoms with van der Waals surface area (Å²) in [5, 5.41) is 0. The zero-order valence-electron chi connectivity index (χ0n) is 2.90. The van der Waals surface area contributed by atoms with Crippen molar-refractivity contribution in [1.29, 1.82) is 0 Å². The second kappa shape index (κ2) is 5.70. The molecule has 0 atom stereocenters. The Kier molecular flexibility index (Phi) is 12.9. The van der Waals surface area contributed by atoms with Crippen LogP contribution in [0.3, 0.4) is 0 Å². The van der Waals surface area contributed by atoms with Gasteiger partial charge in [-0.2, -0.15) is 0 Å². The van der Waals surface area contributed by atoms with E-state index in [0.717, 1.165) is 0 Å². The average Bonchev–Trinajstić information content (AvgIpc) is 0.722. The third kappa shape index (κ3) is 95.7. The fraction of sp³-hybridized carbons (Fsp3) is 0. The summed E-state index contributed by atoms with van der Waals surface area (Å²) in [7, 11) is -4.64. The Morgan fingerprint density at radius 1 is 1.14 bits per heavy atom. The second-order valence-corrected chi connectivity index (χ2v) is 1.54. The SMILES string of the molecule is O=P(O)(O)O.[AlH3].[PbH2]. The van der Waals surface area contributed by atoms with Crippen LogP contribution in [-0.4, -0.2) is 59.3 Å². The Morgan fingerprint density at radius 2 is 1.14 bits per heavy atom. The van der Waals surface area contributed by atoms with Crippen molar-refractivity contribution in [3.05, 3.63) is 0 Å². The van der Waals surface area contributed by atoms with Crippen LogP contribution in [-0.2, 0) is 4.57 Å². The molecule has 2 radical (unpaired) electrons. The van der Waals surface area contributed by atoms with Gasteiger partial charge in [0.25, 0.3) is 0 Å². The van der Waals surface area contributed by atoms with Crippen molar-refractivity contribution in [2.24, 2.45) is 0 Å². The normalized spacial score (nSPS) is 8.43. The van der Waals surface area contributed by atoms with Gasteiger partial charge in [-0.3, -0.25) is 0 Å². The van der Waals surface area contributed by atoms with Crippen LogP contribution in [0.5, 0.6) is 0 Å². The molecule has 0 saturated carbocycles. The van der Waals surface area contributed by atoms with Crippen LogP contribution in [0, 0.1) is 0 Å². The van der Waals surface area contributed by atoms with E-state index in [1.54, 1.807) is 0 Å². The zero-order valence-corrected chi connectivity index (χ0v) is 9.30. The number of rotatable bonds is 0. The molecule has 0 saturated heterocycles. The van der Waals surface area contributed by atoms with Gasteiger partial charge in [0.1, 0.15) is 0 Å². The number of hydrogen-bond acceptors (Lipinski definition) is 1. The molecule has 0 bridgehead atoms. The maximum atomic E-state index is 8.88. The Bertz CT molecular complexity index is 57.8. The number of phosphoric acid groups is 1. The van der Waals surface area contributed by atoms with Crippen molar-refractivity contribution in [1.82, 2.24) is 0 Å². The summed E-state index contributed by atoms with van der Waals surface area (Å²) in [5.74, 6) is 0. The summed E-state index contributed by atoms with van der Waals surface area (Å²) < 4.78 is 8.88. The first-order valence-corrected chi connectivity index (χ1v) is 2.35. The molecule has 0 aromatic rings. The minimum atomic E-state index is -4.64. The van der Waals surface area contributed by atoms with Gasteiger partial charge in [0.05, 0.1) is 0 Å². The van der Waals surface area contributed by atoms with Crippen LogP contribution in [0.1, 0.15) is 0 Å². The van der Waals surface area contributed by atoms with E-state index >= 15 is 0 Å². The summed E-state index contributed by atoms with van der Waals surface area (Å²) in [6.07, 6.45) is 0. The molecule has 44 valence electrons. The van der Waals surface area contributed by atoms with Gasteiger partial charge in [-0.25, -0.2) is 4.57 Å². The van der Waals surface area contributed by atoms with Gasteiger partial charge in [0, 0.05) is 0 Å². The Labute approximate surface area is 71.5 Å². The molecule has 0 amide bonds. The first-order valence-electron chi connectivity index (χ1n) is 0.783. The van der Waals surface area contributed by atoms with Gasteiger partial charge in [0.15, 0.2) is 17.4 Å². The summed E-state index contributed by atoms with van der Waals surface area (Å²) in [4.78, 5) is 21.6. The van der Waals surface area contributed by atoms with E-state index in [-0.39, 0.29) is 44.7 Å². The molecule has 0 heterocycles. The van der Waals surface area contributed by atoms with Gasteiger partial charge in [-0.05, 0) is 0 Å². The molecule has 7 heteroatoms. The van der Waals surface area contributed by atoms with Gasteiger partial charge < -0.3 is 14.7 Å². The average molecular weight is 337 g/mol. The van der Waals surface area contributed by atoms with E-state index in [1.807, 2.05) is 0 Å². The monoisotopic (exact) mass is 338 g/mol. The van der Waals surface area contributed by atoms with E-state index in [4.69, 9.17) is 19.2 Å². The predicted molar refractivity (Wildman–Crippen MR) is 32.7 cm³/mol. The van der Waals surface area contributed by atoms with E-state index in [9.17, 15) is 0 Å². The predicted octanol–water partition coefficient (Wildman–Crippen LogP) is -3.03. The first kappa shape index (κ1) is 15.8. The molecule has 3 N–H and O–H groups in total. The van der Waals surface area contributed by atoms with E-state index in [0.29, 0.717) is 0 Å². The molecule has 4 nitrogen and oxygen atoms in total. The second-order valence-electron chi connectivity index (χ2n) is 0.513. The molecule has 7 heavy (non-hydrogen) atoms. The summed E-state index contributed by atoms with van der Waals surface area (Å²) in [5.41, 5.74) is 0. The van der Waals surface area contributed by atoms with Crippen LogP contribution in [0.2, 0.25) is 0 Å². The fourth-order valence-electron chi connectivity index (χ4n) is 0. The molecule has 0 unspecified atom stereocenters. The first-order chi connectivity index (χ1) is 2.00. The Hall–Kier alpha value is 1.56. The van der Waals surface area contributed by atoms with Gasteiger partial charge in [0.2, 0.25) is 0 Å². The van der Waals surface area contributed by atoms with Crippen molar-refractivity contribution in [3.63, 3.8) is 0 Å². The van der Waals surface area contributed by atoms with Gasteiger partial charge in [-0.1, -0.05) is 0 Å². The van der Waals surface area contributed by atoms with Gasteiger partial charge >= 0.3 is 35.1 Å². The third-order valence-electron chi connectivity index (χ3n) is 0. The topological polar surface area (TPSA) is 77.8 Å². The molecule has 0 rings (SSSR count). The standard InChI is InChI=1S/Al.H3O4P.Pb.5H/c;1-5(2,3)4;;;;;;/h;(H3,1,2,3,4);;;;;;. The maximum absolute atomic E-state index is 8.88. The molecular weight excluding hydrogens is 329 g/mol. The molecule has 0 aliphatic carbocycles. The van der Waals surface area contributed by atoms with Crippen molar-refractivity contribution < 1.29 is 19.2 Å². The minimum absolute atomic E-state index is 0. The van der Waals surface area contributed by atoms with E-state index in [2.05, 4.69) is 0 Å². The number of hydrogen-bond donors (Lipinski definition) is 3. The van der Waals surface area contributed by atoms with Crippen LogP contribution in [0.4, 0.5) is 0 Å². The van der Waals surface area contributed by atoms with Crippen molar-refractivity contribution in [2.75, 3.05) is 0 Å². The molecule has 0 aliphatic rings. The molecular formula is H8AlO4PPb. The van der Waals surface area contributed by atoms with Crippen LogP contribution < -0.4 is 0 Å². The van der Waals surface area contributed by atoms with E-state index < -0.39 is 7.82 Å². The molecule has 0 aromatic heterocycles. The van der Waals surface area contributed by atoms with Crippen LogP contribution in [0.15, 0.2) is 0 Å². The molecule has 0 aliphatic heterocycles. The van der Waals surface area contributed by atoms with E-state index in [1.165, 1.54) is 0 Å². The quantitative estimate of drug-likeness (QED) is 0.325.